The zero-order valence-electron chi connectivity index (χ0n) is 56.9. The maximum Gasteiger partial charge on any atom is 0.469 e. The fourth-order valence-corrected chi connectivity index (χ4v) is 11.6. The molecule has 3 aliphatic heterocycles. The van der Waals surface area contributed by atoms with E-state index in [0.29, 0.717) is 103 Å². The van der Waals surface area contributed by atoms with Gasteiger partial charge in [0.2, 0.25) is 11.8 Å². The van der Waals surface area contributed by atoms with Crippen LogP contribution in [0.25, 0.3) is 0 Å². The second kappa shape index (κ2) is 49.1. The second-order valence-electron chi connectivity index (χ2n) is 25.4. The van der Waals surface area contributed by atoms with Crippen molar-refractivity contribution in [3.63, 3.8) is 0 Å². The Bertz CT molecular complexity index is 2280. The van der Waals surface area contributed by atoms with Gasteiger partial charge in [-0.05, 0) is 83.5 Å². The van der Waals surface area contributed by atoms with E-state index in [2.05, 4.69) is 24.2 Å². The van der Waals surface area contributed by atoms with Crippen molar-refractivity contribution in [3.05, 3.63) is 0 Å². The molecule has 3 rings (SSSR count). The van der Waals surface area contributed by atoms with Crippen molar-refractivity contribution in [1.29, 1.82) is 0 Å². The summed E-state index contributed by atoms with van der Waals surface area (Å²) in [6, 6.07) is 0. The minimum absolute atomic E-state index is 0.000700. The molecule has 0 radical (unpaired) electrons. The van der Waals surface area contributed by atoms with E-state index in [1.807, 2.05) is 6.92 Å². The van der Waals surface area contributed by atoms with Gasteiger partial charge in [-0.3, -0.25) is 42.3 Å². The SMILES string of the molecule is CC(CCCOC(=O)CCCCCC(=O)CCCCOC1OC(COP(=O)(O)O)C(O)C(O)C1O)(COCCC(=O)CCCCCC(=O)CCCCOC1OC(COP(=O)(O)O)C(O)C(O)C1O)COCCC(=O)NCCCNC(=O)CCCCOC1OC(COP(=O)(O)O)C(O)C(O)C1O. The third-order valence-corrected chi connectivity index (χ3v) is 17.9. The number of ketones is 3. The summed E-state index contributed by atoms with van der Waals surface area (Å²) in [6.07, 6.45) is -15.1. The van der Waals surface area contributed by atoms with Gasteiger partial charge in [0, 0.05) is 96.1 Å². The highest BCUT2D eigenvalue weighted by Crippen LogP contribution is 2.39. The first-order valence-electron chi connectivity index (χ1n) is 34.0. The number of rotatable bonds is 57. The largest absolute Gasteiger partial charge is 0.469 e. The van der Waals surface area contributed by atoms with Crippen LogP contribution in [0.5, 0.6) is 0 Å². The van der Waals surface area contributed by atoms with E-state index in [1.54, 1.807) is 0 Å². The minimum Gasteiger partial charge on any atom is -0.466 e. The number of hydrogen-bond donors (Lipinski definition) is 17. The van der Waals surface area contributed by atoms with Crippen LogP contribution in [0.15, 0.2) is 0 Å². The molecule has 3 heterocycles. The van der Waals surface area contributed by atoms with E-state index >= 15 is 0 Å². The smallest absolute Gasteiger partial charge is 0.466 e. The number of carbonyl (C=O) groups is 6. The van der Waals surface area contributed by atoms with Gasteiger partial charge in [-0.2, -0.15) is 0 Å². The van der Waals surface area contributed by atoms with E-state index in [9.17, 15) is 88.4 Å². The highest BCUT2D eigenvalue weighted by Gasteiger charge is 2.48. The third kappa shape index (κ3) is 40.6. The van der Waals surface area contributed by atoms with E-state index in [1.165, 1.54) is 0 Å². The molecular formula is C60H109N2O36P3. The fourth-order valence-electron chi connectivity index (χ4n) is 10.5. The summed E-state index contributed by atoms with van der Waals surface area (Å²) in [5, 5.41) is 96.8. The molecule has 0 spiro atoms. The minimum atomic E-state index is -4.91. The number of aliphatic hydroxyl groups excluding tert-OH is 9. The maximum absolute atomic E-state index is 12.8. The van der Waals surface area contributed by atoms with Crippen molar-refractivity contribution < 1.29 is 174 Å². The molecule has 3 saturated heterocycles. The summed E-state index contributed by atoms with van der Waals surface area (Å²) in [6.45, 7) is 0.638. The number of aliphatic hydroxyl groups is 9. The number of ether oxygens (including phenoxy) is 9. The molecule has 0 saturated carbocycles. The molecule has 590 valence electrons. The number of phosphoric ester groups is 3. The Kier molecular flexibility index (Phi) is 44.9. The molecule has 0 aromatic rings. The van der Waals surface area contributed by atoms with Crippen molar-refractivity contribution in [2.75, 3.05) is 85.8 Å². The predicted molar refractivity (Wildman–Crippen MR) is 344 cm³/mol. The van der Waals surface area contributed by atoms with Gasteiger partial charge in [-0.15, -0.1) is 0 Å². The van der Waals surface area contributed by atoms with E-state index in [0.717, 1.165) is 0 Å². The standard InChI is InChI=1S/C60H109N2O36P3/c1-60(25-14-31-89-47(68)22-7-3-6-17-40(64)20-9-12-29-91-58-55(76)52(73)49(70)43(97-58)35-94-100(81,82)83,37-87-32-23-41(65)18-5-2-4-16-39(63)19-8-11-28-90-57-54(75)51(72)48(69)42(96-57)34-93-99(78,79)80)38-88-33-24-46(67)62-27-15-26-61-45(66)21-10-13-30-92-59-56(77)53(74)50(71)44(98-59)36-95-101(84,85)86/h42-44,48-59,69-77H,2-38H2,1H3,(H,61,66)(H,62,67)(H2,78,79,80)(H2,81,82,83)(H2,84,85,86). The van der Waals surface area contributed by atoms with Crippen LogP contribution in [-0.2, 0) is 98.7 Å². The van der Waals surface area contributed by atoms with E-state index in [-0.39, 0.29) is 146 Å². The third-order valence-electron chi connectivity index (χ3n) is 16.4. The first kappa shape index (κ1) is 92.3. The van der Waals surface area contributed by atoms with E-state index in [4.69, 9.17) is 72.0 Å². The average Bonchev–Trinajstić information content (AvgIpc) is 0.830. The first-order chi connectivity index (χ1) is 47.6. The molecular weight excluding hydrogens is 1420 g/mol. The second-order valence-corrected chi connectivity index (χ2v) is 29.1. The van der Waals surface area contributed by atoms with Crippen LogP contribution in [0, 0.1) is 5.41 Å². The Balaban J connectivity index is 1.33. The van der Waals surface area contributed by atoms with Crippen molar-refractivity contribution in [2.24, 2.45) is 5.41 Å². The summed E-state index contributed by atoms with van der Waals surface area (Å²) in [7, 11) is -14.7. The van der Waals surface area contributed by atoms with Gasteiger partial charge in [0.15, 0.2) is 18.9 Å². The highest BCUT2D eigenvalue weighted by atomic mass is 31.2. The lowest BCUT2D eigenvalue weighted by Crippen LogP contribution is -2.59. The van der Waals surface area contributed by atoms with Gasteiger partial charge < -0.3 is 129 Å². The van der Waals surface area contributed by atoms with Crippen molar-refractivity contribution in [2.45, 2.75) is 253 Å². The number of hydrogen-bond acceptors (Lipinski definition) is 30. The lowest BCUT2D eigenvalue weighted by molar-refractivity contribution is -0.300. The van der Waals surface area contributed by atoms with Gasteiger partial charge in [0.05, 0.1) is 52.9 Å². The molecule has 0 bridgehead atoms. The van der Waals surface area contributed by atoms with Crippen molar-refractivity contribution >= 4 is 58.6 Å². The fraction of sp³-hybridized carbons (Fsp3) is 0.900. The van der Waals surface area contributed by atoms with Crippen LogP contribution in [0.2, 0.25) is 0 Å². The first-order valence-corrected chi connectivity index (χ1v) is 38.6. The topological polar surface area (TPSA) is 592 Å². The molecule has 17 N–H and O–H groups in total. The monoisotopic (exact) mass is 1530 g/mol. The Labute approximate surface area is 585 Å². The lowest BCUT2D eigenvalue weighted by Gasteiger charge is -2.40. The number of esters is 1. The molecule has 101 heavy (non-hydrogen) atoms. The Morgan fingerprint density at radius 1 is 0.366 bits per heavy atom. The van der Waals surface area contributed by atoms with Gasteiger partial charge in [-0.25, -0.2) is 13.7 Å². The molecule has 3 fully saturated rings. The van der Waals surface area contributed by atoms with Crippen LogP contribution in [0.1, 0.15) is 161 Å². The number of nitrogens with one attached hydrogen (secondary N) is 2. The van der Waals surface area contributed by atoms with Crippen molar-refractivity contribution in [1.82, 2.24) is 10.6 Å². The van der Waals surface area contributed by atoms with E-state index < -0.39 is 147 Å². The average molecular weight is 1530 g/mol. The highest BCUT2D eigenvalue weighted by molar-refractivity contribution is 7.46. The summed E-state index contributed by atoms with van der Waals surface area (Å²) < 4.78 is 96.0. The zero-order valence-corrected chi connectivity index (χ0v) is 59.6. The van der Waals surface area contributed by atoms with Crippen LogP contribution in [0.3, 0.4) is 0 Å². The molecule has 3 aliphatic rings. The normalized spacial score (nSPS) is 26.4. The molecule has 16 unspecified atom stereocenters. The molecule has 0 aromatic heterocycles. The summed E-state index contributed by atoms with van der Waals surface area (Å²) in [4.78, 5) is 129. The predicted octanol–water partition coefficient (Wildman–Crippen LogP) is -1.33. The Morgan fingerprint density at radius 2 is 0.693 bits per heavy atom. The number of amides is 2. The number of phosphoric acid groups is 3. The van der Waals surface area contributed by atoms with Gasteiger partial charge >= 0.3 is 29.4 Å². The van der Waals surface area contributed by atoms with Gasteiger partial charge in [0.1, 0.15) is 90.6 Å². The summed E-state index contributed by atoms with van der Waals surface area (Å²) in [5.41, 5.74) is -0.636. The molecule has 41 heteroatoms. The van der Waals surface area contributed by atoms with Crippen LogP contribution in [0.4, 0.5) is 0 Å². The van der Waals surface area contributed by atoms with Crippen molar-refractivity contribution in [3.8, 4) is 0 Å². The quantitative estimate of drug-likeness (QED) is 0.0191. The molecule has 0 aliphatic carbocycles. The Morgan fingerprint density at radius 3 is 1.07 bits per heavy atom. The van der Waals surface area contributed by atoms with Crippen LogP contribution >= 0.6 is 23.5 Å². The van der Waals surface area contributed by atoms with Gasteiger partial charge in [0.25, 0.3) is 0 Å². The van der Waals surface area contributed by atoms with Gasteiger partial charge in [-0.1, -0.05) is 19.8 Å². The number of Topliss-reactive ketones (excluding diaryl/α,β-unsaturated/α-hetero) is 3. The molecule has 0 aromatic carbocycles. The lowest BCUT2D eigenvalue weighted by atomic mass is 9.87. The Hall–Kier alpha value is -2.93. The zero-order chi connectivity index (χ0) is 75.2. The van der Waals surface area contributed by atoms with Crippen LogP contribution in [-0.4, -0.2) is 288 Å². The molecule has 16 atom stereocenters. The maximum atomic E-state index is 12.8. The number of unbranched alkanes of at least 4 members (excludes halogenated alkanes) is 7. The van der Waals surface area contributed by atoms with Crippen LogP contribution < -0.4 is 10.6 Å². The summed E-state index contributed by atoms with van der Waals surface area (Å²) in [5.74, 6) is -1.02. The summed E-state index contributed by atoms with van der Waals surface area (Å²) >= 11 is 0. The molecule has 38 nitrogen and oxygen atoms in total. The number of carbonyl (C=O) groups excluding carboxylic acids is 6. The molecule has 2 amide bonds.